The van der Waals surface area contributed by atoms with Crippen LogP contribution in [0.2, 0.25) is 0 Å². The number of rotatable bonds is 4. The zero-order valence-corrected chi connectivity index (χ0v) is 14.6. The standard InChI is InChI=1S/C16H17BrO3S/c1-4-5-11-8-14(18)13-7-10(16(19)20-3)6-12(9(2)17)15(13)21-11/h6-9H,4-5H2,1-3H3. The molecule has 1 aromatic carbocycles. The number of alkyl halides is 1. The van der Waals surface area contributed by atoms with E-state index >= 15 is 0 Å². The fraction of sp³-hybridized carbons (Fsp3) is 0.375. The van der Waals surface area contributed by atoms with E-state index in [1.54, 1.807) is 29.5 Å². The number of halogens is 1. The Morgan fingerprint density at radius 2 is 2.10 bits per heavy atom. The van der Waals surface area contributed by atoms with Crippen molar-refractivity contribution in [2.24, 2.45) is 0 Å². The van der Waals surface area contributed by atoms with E-state index in [0.717, 1.165) is 28.0 Å². The largest absolute Gasteiger partial charge is 0.465 e. The van der Waals surface area contributed by atoms with Crippen LogP contribution in [0.5, 0.6) is 0 Å². The SMILES string of the molecule is CCCc1cc(=O)c2cc(C(=O)OC)cc(C(C)Br)c2s1. The van der Waals surface area contributed by atoms with E-state index in [2.05, 4.69) is 22.9 Å². The summed E-state index contributed by atoms with van der Waals surface area (Å²) in [6, 6.07) is 5.12. The Labute approximate surface area is 136 Å². The molecule has 0 fully saturated rings. The Morgan fingerprint density at radius 1 is 1.38 bits per heavy atom. The lowest BCUT2D eigenvalue weighted by atomic mass is 10.0. The van der Waals surface area contributed by atoms with Gasteiger partial charge in [0.1, 0.15) is 0 Å². The second kappa shape index (κ2) is 6.71. The number of hydrogen-bond acceptors (Lipinski definition) is 4. The van der Waals surface area contributed by atoms with E-state index in [-0.39, 0.29) is 10.3 Å². The number of fused-ring (bicyclic) bond motifs is 1. The molecule has 0 saturated heterocycles. The van der Waals surface area contributed by atoms with Gasteiger partial charge in [-0.3, -0.25) is 4.79 Å². The number of carbonyl (C=O) groups excluding carboxylic acids is 1. The van der Waals surface area contributed by atoms with Crippen molar-refractivity contribution in [2.45, 2.75) is 31.5 Å². The van der Waals surface area contributed by atoms with Crippen molar-refractivity contribution in [1.82, 2.24) is 0 Å². The van der Waals surface area contributed by atoms with Gasteiger partial charge in [-0.1, -0.05) is 29.3 Å². The molecule has 0 bridgehead atoms. The molecule has 0 saturated carbocycles. The lowest BCUT2D eigenvalue weighted by Gasteiger charge is -2.11. The predicted octanol–water partition coefficient (Wildman–Crippen LogP) is 4.46. The fourth-order valence-corrected chi connectivity index (χ4v) is 4.10. The van der Waals surface area contributed by atoms with Gasteiger partial charge >= 0.3 is 5.97 Å². The molecule has 0 aliphatic carbocycles. The normalized spacial score (nSPS) is 12.4. The monoisotopic (exact) mass is 368 g/mol. The third-order valence-electron chi connectivity index (χ3n) is 3.25. The number of methoxy groups -OCH3 is 1. The van der Waals surface area contributed by atoms with Crippen molar-refractivity contribution in [1.29, 1.82) is 0 Å². The van der Waals surface area contributed by atoms with Gasteiger partial charge < -0.3 is 4.74 Å². The first-order chi connectivity index (χ1) is 9.97. The summed E-state index contributed by atoms with van der Waals surface area (Å²) in [6.07, 6.45) is 1.89. The molecular formula is C16H17BrO3S. The van der Waals surface area contributed by atoms with Crippen LogP contribution in [-0.4, -0.2) is 13.1 Å². The minimum Gasteiger partial charge on any atom is -0.465 e. The van der Waals surface area contributed by atoms with Gasteiger partial charge in [-0.05, 0) is 37.1 Å². The quantitative estimate of drug-likeness (QED) is 0.591. The van der Waals surface area contributed by atoms with Crippen LogP contribution in [0.4, 0.5) is 0 Å². The molecule has 0 radical (unpaired) electrons. The summed E-state index contributed by atoms with van der Waals surface area (Å²) in [5.74, 6) is -0.423. The summed E-state index contributed by atoms with van der Waals surface area (Å²) in [7, 11) is 1.34. The average Bonchev–Trinajstić information content (AvgIpc) is 2.45. The molecule has 1 unspecified atom stereocenters. The number of carbonyl (C=O) groups is 1. The van der Waals surface area contributed by atoms with Gasteiger partial charge in [0.15, 0.2) is 5.43 Å². The first-order valence-electron chi connectivity index (χ1n) is 6.81. The van der Waals surface area contributed by atoms with Crippen molar-refractivity contribution >= 4 is 43.3 Å². The van der Waals surface area contributed by atoms with Crippen molar-refractivity contribution in [3.8, 4) is 0 Å². The van der Waals surface area contributed by atoms with E-state index in [4.69, 9.17) is 4.74 Å². The van der Waals surface area contributed by atoms with E-state index in [1.807, 2.05) is 6.92 Å². The Balaban J connectivity index is 2.79. The van der Waals surface area contributed by atoms with Crippen LogP contribution in [0.25, 0.3) is 10.1 Å². The lowest BCUT2D eigenvalue weighted by Crippen LogP contribution is -2.07. The summed E-state index contributed by atoms with van der Waals surface area (Å²) in [6.45, 7) is 4.08. The molecule has 1 heterocycles. The van der Waals surface area contributed by atoms with E-state index in [9.17, 15) is 9.59 Å². The lowest BCUT2D eigenvalue weighted by molar-refractivity contribution is 0.0601. The highest BCUT2D eigenvalue weighted by molar-refractivity contribution is 9.09. The molecule has 0 aliphatic rings. The molecule has 5 heteroatoms. The molecule has 2 rings (SSSR count). The van der Waals surface area contributed by atoms with Gasteiger partial charge in [-0.25, -0.2) is 4.79 Å². The van der Waals surface area contributed by atoms with Crippen molar-refractivity contribution in [3.63, 3.8) is 0 Å². The smallest absolute Gasteiger partial charge is 0.337 e. The van der Waals surface area contributed by atoms with Crippen LogP contribution in [0, 0.1) is 0 Å². The van der Waals surface area contributed by atoms with Crippen LogP contribution in [0.3, 0.4) is 0 Å². The highest BCUT2D eigenvalue weighted by atomic mass is 79.9. The summed E-state index contributed by atoms with van der Waals surface area (Å²) in [5, 5.41) is 0.587. The first-order valence-corrected chi connectivity index (χ1v) is 8.54. The maximum absolute atomic E-state index is 12.4. The van der Waals surface area contributed by atoms with Crippen LogP contribution in [0.1, 0.15) is 45.9 Å². The molecule has 3 nitrogen and oxygen atoms in total. The highest BCUT2D eigenvalue weighted by Crippen LogP contribution is 2.33. The molecular weight excluding hydrogens is 352 g/mol. The molecule has 0 spiro atoms. The number of benzene rings is 1. The number of aryl methyl sites for hydroxylation is 1. The molecule has 1 aromatic heterocycles. The number of hydrogen-bond donors (Lipinski definition) is 0. The summed E-state index contributed by atoms with van der Waals surface area (Å²) < 4.78 is 5.72. The van der Waals surface area contributed by atoms with Gasteiger partial charge in [0.2, 0.25) is 0 Å². The van der Waals surface area contributed by atoms with Gasteiger partial charge in [0, 0.05) is 19.8 Å². The third kappa shape index (κ3) is 3.35. The van der Waals surface area contributed by atoms with E-state index < -0.39 is 5.97 Å². The second-order valence-electron chi connectivity index (χ2n) is 4.88. The molecule has 2 aromatic rings. The first kappa shape index (κ1) is 16.2. The molecule has 0 N–H and O–H groups in total. The molecule has 21 heavy (non-hydrogen) atoms. The summed E-state index contributed by atoms with van der Waals surface area (Å²) >= 11 is 5.18. The Morgan fingerprint density at radius 3 is 2.67 bits per heavy atom. The molecule has 1 atom stereocenters. The number of esters is 1. The summed E-state index contributed by atoms with van der Waals surface area (Å²) in [4.78, 5) is 25.3. The highest BCUT2D eigenvalue weighted by Gasteiger charge is 2.16. The minimum absolute atomic E-state index is 0.0349. The van der Waals surface area contributed by atoms with E-state index in [0.29, 0.717) is 10.9 Å². The van der Waals surface area contributed by atoms with Crippen LogP contribution >= 0.6 is 27.3 Å². The van der Waals surface area contributed by atoms with Gasteiger partial charge in [0.05, 0.1) is 12.7 Å². The molecule has 0 aliphatic heterocycles. The maximum Gasteiger partial charge on any atom is 0.337 e. The second-order valence-corrected chi connectivity index (χ2v) is 7.39. The molecule has 112 valence electrons. The summed E-state index contributed by atoms with van der Waals surface area (Å²) in [5.41, 5.74) is 1.33. The zero-order chi connectivity index (χ0) is 15.6. The maximum atomic E-state index is 12.4. The van der Waals surface area contributed by atoms with Gasteiger partial charge in [0.25, 0.3) is 0 Å². The third-order valence-corrected chi connectivity index (χ3v) is 4.99. The average molecular weight is 369 g/mol. The van der Waals surface area contributed by atoms with E-state index in [1.165, 1.54) is 7.11 Å². The molecule has 0 amide bonds. The van der Waals surface area contributed by atoms with Crippen LogP contribution < -0.4 is 5.43 Å². The van der Waals surface area contributed by atoms with Crippen molar-refractivity contribution in [3.05, 3.63) is 44.4 Å². The van der Waals surface area contributed by atoms with Crippen LogP contribution in [0.15, 0.2) is 23.0 Å². The Bertz CT molecular complexity index is 734. The van der Waals surface area contributed by atoms with Gasteiger partial charge in [-0.2, -0.15) is 0 Å². The zero-order valence-electron chi connectivity index (χ0n) is 12.2. The Hall–Kier alpha value is -1.20. The minimum atomic E-state index is -0.423. The van der Waals surface area contributed by atoms with Crippen molar-refractivity contribution < 1.29 is 9.53 Å². The van der Waals surface area contributed by atoms with Crippen LogP contribution in [-0.2, 0) is 11.2 Å². The predicted molar refractivity (Wildman–Crippen MR) is 90.8 cm³/mol. The number of ether oxygens (including phenoxy) is 1. The van der Waals surface area contributed by atoms with Gasteiger partial charge in [-0.15, -0.1) is 11.3 Å². The Kier molecular flexibility index (Phi) is 5.17. The van der Waals surface area contributed by atoms with Crippen molar-refractivity contribution in [2.75, 3.05) is 7.11 Å². The topological polar surface area (TPSA) is 43.4 Å². The fourth-order valence-electron chi connectivity index (χ4n) is 2.23.